The van der Waals surface area contributed by atoms with Crippen LogP contribution in [0, 0.1) is 11.3 Å². The average Bonchev–Trinajstić information content (AvgIpc) is 2.14. The van der Waals surface area contributed by atoms with Gasteiger partial charge in [0.2, 0.25) is 5.91 Å². The van der Waals surface area contributed by atoms with Gasteiger partial charge < -0.3 is 10.4 Å². The molecule has 0 rings (SSSR count). The van der Waals surface area contributed by atoms with Crippen molar-refractivity contribution >= 4 is 11.9 Å². The minimum Gasteiger partial charge on any atom is -0.481 e. The first kappa shape index (κ1) is 15.9. The summed E-state index contributed by atoms with van der Waals surface area (Å²) in [6.45, 7) is 11.2. The molecule has 0 aliphatic heterocycles. The molecule has 0 spiro atoms. The molecule has 0 aliphatic rings. The molecule has 1 amide bonds. The third kappa shape index (κ3) is 4.36. The molecule has 0 aromatic heterocycles. The van der Waals surface area contributed by atoms with E-state index in [1.807, 2.05) is 20.8 Å². The molecule has 1 atom stereocenters. The number of carbonyl (C=O) groups is 2. The second-order valence-electron chi connectivity index (χ2n) is 5.89. The second-order valence-corrected chi connectivity index (χ2v) is 5.89. The smallest absolute Gasteiger partial charge is 0.316 e. The van der Waals surface area contributed by atoms with Gasteiger partial charge >= 0.3 is 5.97 Å². The maximum atomic E-state index is 12.1. The monoisotopic (exact) mass is 243 g/mol. The Labute approximate surface area is 104 Å². The average molecular weight is 243 g/mol. The van der Waals surface area contributed by atoms with Gasteiger partial charge in [0.05, 0.1) is 0 Å². The van der Waals surface area contributed by atoms with Gasteiger partial charge in [-0.2, -0.15) is 0 Å². The molecule has 4 heteroatoms. The summed E-state index contributed by atoms with van der Waals surface area (Å²) in [6.07, 6.45) is 1.57. The Bertz CT molecular complexity index is 288. The number of carboxylic acid groups (broad SMARTS) is 1. The third-order valence-corrected chi connectivity index (χ3v) is 3.36. The summed E-state index contributed by atoms with van der Waals surface area (Å²) in [4.78, 5) is 23.3. The fourth-order valence-corrected chi connectivity index (χ4v) is 1.67. The summed E-state index contributed by atoms with van der Waals surface area (Å²) in [7, 11) is 0. The van der Waals surface area contributed by atoms with Crippen LogP contribution in [0.25, 0.3) is 0 Å². The zero-order valence-electron chi connectivity index (χ0n) is 11.8. The Balaban J connectivity index is 4.95. The SMILES string of the molecule is CCC(C)(CC)NC(=O)C(C(=O)O)C(C)(C)C. The first-order valence-corrected chi connectivity index (χ1v) is 6.12. The van der Waals surface area contributed by atoms with Crippen molar-refractivity contribution in [1.29, 1.82) is 0 Å². The number of aliphatic carboxylic acids is 1. The van der Waals surface area contributed by atoms with E-state index in [1.165, 1.54) is 0 Å². The Hall–Kier alpha value is -1.06. The van der Waals surface area contributed by atoms with E-state index in [9.17, 15) is 9.59 Å². The van der Waals surface area contributed by atoms with Gasteiger partial charge in [-0.3, -0.25) is 9.59 Å². The molecule has 4 nitrogen and oxygen atoms in total. The van der Waals surface area contributed by atoms with E-state index < -0.39 is 23.2 Å². The molecule has 0 aromatic rings. The summed E-state index contributed by atoms with van der Waals surface area (Å²) in [5, 5.41) is 12.0. The maximum Gasteiger partial charge on any atom is 0.316 e. The Morgan fingerprint density at radius 2 is 1.53 bits per heavy atom. The van der Waals surface area contributed by atoms with Crippen LogP contribution in [0.4, 0.5) is 0 Å². The number of hydrogen-bond acceptors (Lipinski definition) is 2. The van der Waals surface area contributed by atoms with E-state index in [4.69, 9.17) is 5.11 Å². The van der Waals surface area contributed by atoms with Crippen LogP contribution < -0.4 is 5.32 Å². The van der Waals surface area contributed by atoms with Crippen LogP contribution in [0.1, 0.15) is 54.4 Å². The predicted molar refractivity (Wildman–Crippen MR) is 67.7 cm³/mol. The fourth-order valence-electron chi connectivity index (χ4n) is 1.67. The highest BCUT2D eigenvalue weighted by Crippen LogP contribution is 2.27. The highest BCUT2D eigenvalue weighted by atomic mass is 16.4. The number of hydrogen-bond donors (Lipinski definition) is 2. The van der Waals surface area contributed by atoms with Crippen molar-refractivity contribution in [1.82, 2.24) is 5.32 Å². The normalized spacial score (nSPS) is 14.2. The van der Waals surface area contributed by atoms with Crippen molar-refractivity contribution < 1.29 is 14.7 Å². The summed E-state index contributed by atoms with van der Waals surface area (Å²) >= 11 is 0. The van der Waals surface area contributed by atoms with Crippen LogP contribution in [0.5, 0.6) is 0 Å². The van der Waals surface area contributed by atoms with Gasteiger partial charge in [-0.25, -0.2) is 0 Å². The van der Waals surface area contributed by atoms with E-state index >= 15 is 0 Å². The minimum atomic E-state index is -1.07. The minimum absolute atomic E-state index is 0.323. The molecule has 0 saturated heterocycles. The van der Waals surface area contributed by atoms with Gasteiger partial charge in [0.15, 0.2) is 0 Å². The highest BCUT2D eigenvalue weighted by molar-refractivity contribution is 5.98. The van der Waals surface area contributed by atoms with Crippen molar-refractivity contribution in [2.45, 2.75) is 59.9 Å². The number of carboxylic acids is 1. The molecule has 100 valence electrons. The highest BCUT2D eigenvalue weighted by Gasteiger charge is 2.39. The first-order valence-electron chi connectivity index (χ1n) is 6.12. The number of amides is 1. The van der Waals surface area contributed by atoms with Crippen LogP contribution in [-0.4, -0.2) is 22.5 Å². The topological polar surface area (TPSA) is 66.4 Å². The molecular formula is C13H25NO3. The van der Waals surface area contributed by atoms with E-state index in [-0.39, 0.29) is 5.54 Å². The number of nitrogens with one attached hydrogen (secondary N) is 1. The van der Waals surface area contributed by atoms with E-state index in [0.29, 0.717) is 0 Å². The van der Waals surface area contributed by atoms with Crippen LogP contribution in [0.3, 0.4) is 0 Å². The van der Waals surface area contributed by atoms with Crippen molar-refractivity contribution in [2.75, 3.05) is 0 Å². The Kier molecular flexibility index (Phi) is 5.17. The molecule has 17 heavy (non-hydrogen) atoms. The van der Waals surface area contributed by atoms with Gasteiger partial charge in [0.1, 0.15) is 5.92 Å². The van der Waals surface area contributed by atoms with Crippen molar-refractivity contribution in [3.63, 3.8) is 0 Å². The second kappa shape index (κ2) is 5.52. The van der Waals surface area contributed by atoms with E-state index in [0.717, 1.165) is 12.8 Å². The third-order valence-electron chi connectivity index (χ3n) is 3.36. The van der Waals surface area contributed by atoms with Crippen LogP contribution in [0.15, 0.2) is 0 Å². The zero-order chi connectivity index (χ0) is 13.9. The summed E-state index contributed by atoms with van der Waals surface area (Å²) in [5.74, 6) is -2.47. The molecule has 0 aromatic carbocycles. The lowest BCUT2D eigenvalue weighted by Crippen LogP contribution is -2.51. The zero-order valence-corrected chi connectivity index (χ0v) is 11.8. The molecule has 2 N–H and O–H groups in total. The van der Waals surface area contributed by atoms with Crippen molar-refractivity contribution in [2.24, 2.45) is 11.3 Å². The predicted octanol–water partition coefficient (Wildman–Crippen LogP) is 2.43. The van der Waals surface area contributed by atoms with Gasteiger partial charge in [0, 0.05) is 5.54 Å². The lowest BCUT2D eigenvalue weighted by Gasteiger charge is -2.33. The summed E-state index contributed by atoms with van der Waals surface area (Å²) in [5.41, 5.74) is -0.908. The standard InChI is InChI=1S/C13H25NO3/c1-7-13(6,8-2)14-10(15)9(11(16)17)12(3,4)5/h9H,7-8H2,1-6H3,(H,14,15)(H,16,17). The summed E-state index contributed by atoms with van der Waals surface area (Å²) < 4.78 is 0. The number of carbonyl (C=O) groups excluding carboxylic acids is 1. The molecular weight excluding hydrogens is 218 g/mol. The van der Waals surface area contributed by atoms with Crippen LogP contribution in [0.2, 0.25) is 0 Å². The molecule has 0 heterocycles. The maximum absolute atomic E-state index is 12.1. The lowest BCUT2D eigenvalue weighted by atomic mass is 9.79. The summed E-state index contributed by atoms with van der Waals surface area (Å²) in [6, 6.07) is 0. The Morgan fingerprint density at radius 1 is 1.12 bits per heavy atom. The van der Waals surface area contributed by atoms with Crippen molar-refractivity contribution in [3.05, 3.63) is 0 Å². The van der Waals surface area contributed by atoms with Crippen LogP contribution in [-0.2, 0) is 9.59 Å². The Morgan fingerprint density at radius 3 is 1.76 bits per heavy atom. The molecule has 0 saturated carbocycles. The van der Waals surface area contributed by atoms with Gasteiger partial charge in [-0.05, 0) is 25.2 Å². The van der Waals surface area contributed by atoms with Crippen LogP contribution >= 0.6 is 0 Å². The molecule has 0 fully saturated rings. The molecule has 0 radical (unpaired) electrons. The lowest BCUT2D eigenvalue weighted by molar-refractivity contribution is -0.152. The number of rotatable bonds is 5. The molecule has 0 aliphatic carbocycles. The fraction of sp³-hybridized carbons (Fsp3) is 0.846. The van der Waals surface area contributed by atoms with Gasteiger partial charge in [0.25, 0.3) is 0 Å². The largest absolute Gasteiger partial charge is 0.481 e. The first-order chi connectivity index (χ1) is 7.57. The van der Waals surface area contributed by atoms with Gasteiger partial charge in [-0.1, -0.05) is 34.6 Å². The van der Waals surface area contributed by atoms with Gasteiger partial charge in [-0.15, -0.1) is 0 Å². The van der Waals surface area contributed by atoms with Crippen molar-refractivity contribution in [3.8, 4) is 0 Å². The van der Waals surface area contributed by atoms with E-state index in [2.05, 4.69) is 5.32 Å². The molecule has 0 bridgehead atoms. The quantitative estimate of drug-likeness (QED) is 0.729. The van der Waals surface area contributed by atoms with E-state index in [1.54, 1.807) is 20.8 Å². The molecule has 1 unspecified atom stereocenters.